The summed E-state index contributed by atoms with van der Waals surface area (Å²) in [4.78, 5) is 16.9. The van der Waals surface area contributed by atoms with Crippen molar-refractivity contribution in [3.8, 4) is 0 Å². The molecule has 1 aromatic rings. The lowest BCUT2D eigenvalue weighted by atomic mass is 9.95. The van der Waals surface area contributed by atoms with Crippen molar-refractivity contribution >= 4 is 6.03 Å². The van der Waals surface area contributed by atoms with Gasteiger partial charge in [-0.15, -0.1) is 0 Å². The smallest absolute Gasteiger partial charge is 0.317 e. The number of rotatable bonds is 4. The molecule has 5 nitrogen and oxygen atoms in total. The number of benzene rings is 1. The molecule has 0 unspecified atom stereocenters. The Bertz CT molecular complexity index is 547. The third-order valence-corrected chi connectivity index (χ3v) is 5.47. The third-order valence-electron chi connectivity index (χ3n) is 5.47. The van der Waals surface area contributed by atoms with Gasteiger partial charge in [-0.25, -0.2) is 4.79 Å². The van der Waals surface area contributed by atoms with E-state index in [2.05, 4.69) is 48.3 Å². The van der Waals surface area contributed by atoms with Gasteiger partial charge in [-0.3, -0.25) is 4.90 Å². The zero-order valence-corrected chi connectivity index (χ0v) is 15.5. The van der Waals surface area contributed by atoms with Gasteiger partial charge in [-0.2, -0.15) is 0 Å². The van der Waals surface area contributed by atoms with Crippen LogP contribution in [0.3, 0.4) is 0 Å². The van der Waals surface area contributed by atoms with Gasteiger partial charge in [0.15, 0.2) is 0 Å². The van der Waals surface area contributed by atoms with Crippen molar-refractivity contribution in [2.24, 2.45) is 5.92 Å². The van der Waals surface area contributed by atoms with Gasteiger partial charge >= 0.3 is 6.03 Å². The van der Waals surface area contributed by atoms with E-state index in [0.29, 0.717) is 32.8 Å². The maximum Gasteiger partial charge on any atom is 0.317 e. The number of aryl methyl sites for hydroxylation is 1. The Morgan fingerprint density at radius 2 is 1.80 bits per heavy atom. The number of ether oxygens (including phenoxy) is 1. The standard InChI is InChI=1S/C20H31N3O2/c1-16-3-5-18(6-4-16)19(22-9-7-17(2)8-10-22)15-21-20(24)23-11-13-25-14-12-23/h3-6,17,19H,7-15H2,1-2H3,(H,21,24)/t19-/m0/s1. The molecule has 1 aromatic carbocycles. The molecule has 5 heteroatoms. The minimum Gasteiger partial charge on any atom is -0.378 e. The van der Waals surface area contributed by atoms with Crippen LogP contribution in [0.5, 0.6) is 0 Å². The minimum absolute atomic E-state index is 0.0331. The Kier molecular flexibility index (Phi) is 6.32. The predicted molar refractivity (Wildman–Crippen MR) is 99.7 cm³/mol. The minimum atomic E-state index is 0.0331. The number of likely N-dealkylation sites (tertiary alicyclic amines) is 1. The maximum atomic E-state index is 12.5. The molecule has 0 spiro atoms. The van der Waals surface area contributed by atoms with E-state index in [4.69, 9.17) is 4.74 Å². The molecule has 0 radical (unpaired) electrons. The Morgan fingerprint density at radius 1 is 1.16 bits per heavy atom. The normalized spacial score (nSPS) is 21.1. The van der Waals surface area contributed by atoms with Crippen LogP contribution < -0.4 is 5.32 Å². The van der Waals surface area contributed by atoms with Crippen molar-refractivity contribution in [1.82, 2.24) is 15.1 Å². The van der Waals surface area contributed by atoms with E-state index in [-0.39, 0.29) is 12.1 Å². The van der Waals surface area contributed by atoms with Crippen LogP contribution in [-0.2, 0) is 4.74 Å². The second-order valence-electron chi connectivity index (χ2n) is 7.43. The highest BCUT2D eigenvalue weighted by Gasteiger charge is 2.26. The molecule has 1 atom stereocenters. The lowest BCUT2D eigenvalue weighted by Crippen LogP contribution is -2.49. The fourth-order valence-electron chi connectivity index (χ4n) is 3.65. The number of urea groups is 1. The predicted octanol–water partition coefficient (Wildman–Crippen LogP) is 2.81. The number of carbonyl (C=O) groups is 1. The topological polar surface area (TPSA) is 44.8 Å². The number of piperidine rings is 1. The summed E-state index contributed by atoms with van der Waals surface area (Å²) < 4.78 is 5.33. The van der Waals surface area contributed by atoms with Crippen LogP contribution in [0.4, 0.5) is 4.79 Å². The summed E-state index contributed by atoms with van der Waals surface area (Å²) >= 11 is 0. The molecular weight excluding hydrogens is 314 g/mol. The molecule has 2 amide bonds. The summed E-state index contributed by atoms with van der Waals surface area (Å²) in [5, 5.41) is 3.16. The molecule has 2 aliphatic rings. The highest BCUT2D eigenvalue weighted by molar-refractivity contribution is 5.74. The number of morpholine rings is 1. The molecule has 0 saturated carbocycles. The maximum absolute atomic E-state index is 12.5. The first kappa shape index (κ1) is 18.2. The number of hydrogen-bond acceptors (Lipinski definition) is 3. The van der Waals surface area contributed by atoms with Gasteiger partial charge in [0, 0.05) is 19.6 Å². The van der Waals surface area contributed by atoms with E-state index in [1.54, 1.807) is 0 Å². The SMILES string of the molecule is Cc1ccc([C@H](CNC(=O)N2CCOCC2)N2CCC(C)CC2)cc1. The summed E-state index contributed by atoms with van der Waals surface area (Å²) in [6.07, 6.45) is 2.47. The Hall–Kier alpha value is -1.59. The number of amides is 2. The molecule has 2 saturated heterocycles. The Balaban J connectivity index is 1.65. The molecular formula is C20H31N3O2. The lowest BCUT2D eigenvalue weighted by molar-refractivity contribution is 0.0522. The van der Waals surface area contributed by atoms with E-state index in [9.17, 15) is 4.79 Å². The van der Waals surface area contributed by atoms with Crippen LogP contribution in [0, 0.1) is 12.8 Å². The zero-order valence-electron chi connectivity index (χ0n) is 15.5. The summed E-state index contributed by atoms with van der Waals surface area (Å²) in [6.45, 7) is 9.95. The zero-order chi connectivity index (χ0) is 17.6. The van der Waals surface area contributed by atoms with E-state index < -0.39 is 0 Å². The number of carbonyl (C=O) groups excluding carboxylic acids is 1. The molecule has 0 bridgehead atoms. The van der Waals surface area contributed by atoms with Crippen molar-refractivity contribution in [3.63, 3.8) is 0 Å². The van der Waals surface area contributed by atoms with Crippen molar-refractivity contribution < 1.29 is 9.53 Å². The van der Waals surface area contributed by atoms with Gasteiger partial charge in [0.05, 0.1) is 19.3 Å². The third kappa shape index (κ3) is 4.95. The van der Waals surface area contributed by atoms with Crippen LogP contribution in [0.1, 0.15) is 36.9 Å². The number of nitrogens with one attached hydrogen (secondary N) is 1. The highest BCUT2D eigenvalue weighted by atomic mass is 16.5. The van der Waals surface area contributed by atoms with E-state index in [1.165, 1.54) is 24.0 Å². The van der Waals surface area contributed by atoms with Gasteiger partial charge in [0.1, 0.15) is 0 Å². The van der Waals surface area contributed by atoms with Crippen molar-refractivity contribution in [2.75, 3.05) is 45.9 Å². The molecule has 2 aliphatic heterocycles. The van der Waals surface area contributed by atoms with Crippen LogP contribution in [0.25, 0.3) is 0 Å². The summed E-state index contributed by atoms with van der Waals surface area (Å²) in [5.41, 5.74) is 2.56. The van der Waals surface area contributed by atoms with Crippen LogP contribution >= 0.6 is 0 Å². The second-order valence-corrected chi connectivity index (χ2v) is 7.43. The van der Waals surface area contributed by atoms with Crippen LogP contribution in [-0.4, -0.2) is 61.8 Å². The molecule has 3 rings (SSSR count). The van der Waals surface area contributed by atoms with Crippen LogP contribution in [0.2, 0.25) is 0 Å². The second kappa shape index (κ2) is 8.68. The van der Waals surface area contributed by atoms with Crippen molar-refractivity contribution in [3.05, 3.63) is 35.4 Å². The van der Waals surface area contributed by atoms with Gasteiger partial charge in [0.25, 0.3) is 0 Å². The van der Waals surface area contributed by atoms with Gasteiger partial charge in [0.2, 0.25) is 0 Å². The van der Waals surface area contributed by atoms with E-state index in [0.717, 1.165) is 19.0 Å². The first-order valence-electron chi connectivity index (χ1n) is 9.54. The van der Waals surface area contributed by atoms with Crippen LogP contribution in [0.15, 0.2) is 24.3 Å². The first-order chi connectivity index (χ1) is 12.1. The van der Waals surface area contributed by atoms with E-state index >= 15 is 0 Å². The molecule has 138 valence electrons. The average molecular weight is 345 g/mol. The molecule has 2 fully saturated rings. The summed E-state index contributed by atoms with van der Waals surface area (Å²) in [7, 11) is 0. The molecule has 0 aromatic heterocycles. The summed E-state index contributed by atoms with van der Waals surface area (Å²) in [6, 6.07) is 9.03. The largest absolute Gasteiger partial charge is 0.378 e. The van der Waals surface area contributed by atoms with Crippen molar-refractivity contribution in [2.45, 2.75) is 32.7 Å². The fraction of sp³-hybridized carbons (Fsp3) is 0.650. The highest BCUT2D eigenvalue weighted by Crippen LogP contribution is 2.26. The monoisotopic (exact) mass is 345 g/mol. The molecule has 0 aliphatic carbocycles. The molecule has 2 heterocycles. The molecule has 25 heavy (non-hydrogen) atoms. The number of nitrogens with zero attached hydrogens (tertiary/aromatic N) is 2. The summed E-state index contributed by atoms with van der Waals surface area (Å²) in [5.74, 6) is 0.804. The van der Waals surface area contributed by atoms with Gasteiger partial charge in [-0.05, 0) is 44.3 Å². The van der Waals surface area contributed by atoms with Crippen molar-refractivity contribution in [1.29, 1.82) is 0 Å². The quantitative estimate of drug-likeness (QED) is 0.913. The number of hydrogen-bond donors (Lipinski definition) is 1. The van der Waals surface area contributed by atoms with Gasteiger partial charge in [-0.1, -0.05) is 36.8 Å². The fourth-order valence-corrected chi connectivity index (χ4v) is 3.65. The Labute approximate surface area is 151 Å². The average Bonchev–Trinajstić information content (AvgIpc) is 2.65. The molecule has 1 N–H and O–H groups in total. The van der Waals surface area contributed by atoms with Gasteiger partial charge < -0.3 is 15.0 Å². The Morgan fingerprint density at radius 3 is 2.44 bits per heavy atom. The lowest BCUT2D eigenvalue weighted by Gasteiger charge is -2.37. The first-order valence-corrected chi connectivity index (χ1v) is 9.54. The van der Waals surface area contributed by atoms with E-state index in [1.807, 2.05) is 4.90 Å².